The van der Waals surface area contributed by atoms with Crippen LogP contribution in [-0.2, 0) is 4.79 Å². The number of nitro groups is 1. The summed E-state index contributed by atoms with van der Waals surface area (Å²) in [7, 11) is 0. The summed E-state index contributed by atoms with van der Waals surface area (Å²) in [6.45, 7) is 0. The van der Waals surface area contributed by atoms with Gasteiger partial charge in [-0.3, -0.25) is 14.9 Å². The highest BCUT2D eigenvalue weighted by atomic mass is 19.1. The average Bonchev–Trinajstić information content (AvgIpc) is 2.16. The smallest absolute Gasteiger partial charge is 0.377 e. The van der Waals surface area contributed by atoms with Crippen molar-refractivity contribution in [3.8, 4) is 0 Å². The van der Waals surface area contributed by atoms with Crippen LogP contribution in [0.2, 0.25) is 0 Å². The maximum absolute atomic E-state index is 13.2. The molecule has 0 unspecified atom stereocenters. The fraction of sp³-hybridized carbons (Fsp3) is 0. The van der Waals surface area contributed by atoms with Crippen LogP contribution in [0.15, 0.2) is 18.2 Å². The summed E-state index contributed by atoms with van der Waals surface area (Å²) in [6.07, 6.45) is 0. The highest BCUT2D eigenvalue weighted by Gasteiger charge is 2.25. The van der Waals surface area contributed by atoms with E-state index < -0.39 is 33.7 Å². The lowest BCUT2D eigenvalue weighted by Gasteiger charge is -1.98. The first-order valence-corrected chi connectivity index (χ1v) is 3.65. The van der Waals surface area contributed by atoms with Gasteiger partial charge in [0.2, 0.25) is 5.82 Å². The lowest BCUT2D eigenvalue weighted by atomic mass is 10.1. The molecule has 0 aliphatic heterocycles. The molecule has 0 aliphatic rings. The minimum atomic E-state index is -1.87. The van der Waals surface area contributed by atoms with Crippen molar-refractivity contribution in [3.63, 3.8) is 0 Å². The number of carbonyl (C=O) groups is 2. The molecule has 0 aromatic heterocycles. The number of nitrogens with zero attached hydrogens (tertiary/aromatic N) is 1. The molecule has 1 rings (SSSR count). The summed E-state index contributed by atoms with van der Waals surface area (Å²) in [5.41, 5.74) is -1.75. The van der Waals surface area contributed by atoms with Crippen molar-refractivity contribution in [2.45, 2.75) is 0 Å². The first-order valence-electron chi connectivity index (χ1n) is 3.65. The zero-order valence-corrected chi connectivity index (χ0v) is 7.14. The molecule has 1 aromatic carbocycles. The van der Waals surface area contributed by atoms with E-state index in [0.717, 1.165) is 18.2 Å². The second-order valence-corrected chi connectivity index (χ2v) is 2.53. The van der Waals surface area contributed by atoms with Crippen LogP contribution >= 0.6 is 0 Å². The molecule has 0 saturated carbocycles. The van der Waals surface area contributed by atoms with Gasteiger partial charge in [-0.25, -0.2) is 4.79 Å². The van der Waals surface area contributed by atoms with E-state index in [0.29, 0.717) is 0 Å². The largest absolute Gasteiger partial charge is 0.475 e. The second-order valence-electron chi connectivity index (χ2n) is 2.53. The number of nitro benzene ring substituents is 1. The Morgan fingerprint density at radius 3 is 2.47 bits per heavy atom. The second kappa shape index (κ2) is 3.82. The van der Waals surface area contributed by atoms with Gasteiger partial charge in [-0.1, -0.05) is 6.07 Å². The number of benzene rings is 1. The molecule has 7 heteroatoms. The quantitative estimate of drug-likeness (QED) is 0.349. The number of aliphatic carboxylic acids is 1. The van der Waals surface area contributed by atoms with Gasteiger partial charge in [0.1, 0.15) is 0 Å². The van der Waals surface area contributed by atoms with Crippen LogP contribution in [0.4, 0.5) is 10.1 Å². The van der Waals surface area contributed by atoms with E-state index in [2.05, 4.69) is 0 Å². The molecular weight excluding hydrogens is 209 g/mol. The molecule has 0 heterocycles. The molecule has 0 aliphatic carbocycles. The molecular formula is C8H4FNO5. The zero-order chi connectivity index (χ0) is 11.6. The zero-order valence-electron chi connectivity index (χ0n) is 7.14. The van der Waals surface area contributed by atoms with E-state index in [9.17, 15) is 24.1 Å². The number of carboxylic acids is 1. The summed E-state index contributed by atoms with van der Waals surface area (Å²) < 4.78 is 13.2. The fourth-order valence-electron chi connectivity index (χ4n) is 0.951. The van der Waals surface area contributed by atoms with Crippen molar-refractivity contribution >= 4 is 17.4 Å². The maximum Gasteiger partial charge on any atom is 0.377 e. The first kappa shape index (κ1) is 10.8. The Balaban J connectivity index is 3.33. The fourth-order valence-corrected chi connectivity index (χ4v) is 0.951. The van der Waals surface area contributed by atoms with E-state index >= 15 is 0 Å². The van der Waals surface area contributed by atoms with E-state index in [1.807, 2.05) is 0 Å². The molecule has 0 spiro atoms. The van der Waals surface area contributed by atoms with Crippen molar-refractivity contribution in [2.75, 3.05) is 0 Å². The molecule has 0 atom stereocenters. The van der Waals surface area contributed by atoms with Gasteiger partial charge in [0, 0.05) is 6.07 Å². The Kier molecular flexibility index (Phi) is 2.75. The first-order chi connectivity index (χ1) is 6.95. The van der Waals surface area contributed by atoms with Gasteiger partial charge in [-0.2, -0.15) is 4.39 Å². The van der Waals surface area contributed by atoms with Crippen LogP contribution in [0.3, 0.4) is 0 Å². The van der Waals surface area contributed by atoms with Gasteiger partial charge in [-0.05, 0) is 6.07 Å². The molecule has 1 aromatic rings. The normalized spacial score (nSPS) is 9.67. The highest BCUT2D eigenvalue weighted by Crippen LogP contribution is 2.20. The Morgan fingerprint density at radius 2 is 2.00 bits per heavy atom. The molecule has 0 amide bonds. The Labute approximate surface area is 82.1 Å². The van der Waals surface area contributed by atoms with Crippen LogP contribution in [0, 0.1) is 15.9 Å². The van der Waals surface area contributed by atoms with Crippen molar-refractivity contribution in [2.24, 2.45) is 0 Å². The third-order valence-electron chi connectivity index (χ3n) is 1.61. The summed E-state index contributed by atoms with van der Waals surface area (Å²) in [5.74, 6) is -4.82. The summed E-state index contributed by atoms with van der Waals surface area (Å²) >= 11 is 0. The Bertz CT molecular complexity index is 456. The predicted octanol–water partition coefficient (Wildman–Crippen LogP) is 1.00. The van der Waals surface area contributed by atoms with E-state index in [-0.39, 0.29) is 0 Å². The van der Waals surface area contributed by atoms with Crippen molar-refractivity contribution in [3.05, 3.63) is 39.7 Å². The van der Waals surface area contributed by atoms with Crippen molar-refractivity contribution < 1.29 is 24.0 Å². The molecule has 6 nitrogen and oxygen atoms in total. The van der Waals surface area contributed by atoms with E-state index in [1.165, 1.54) is 0 Å². The number of carbonyl (C=O) groups excluding carboxylic acids is 1. The number of hydrogen-bond acceptors (Lipinski definition) is 4. The number of ketones is 1. The third-order valence-corrected chi connectivity index (χ3v) is 1.61. The van der Waals surface area contributed by atoms with Crippen LogP contribution in [0.1, 0.15) is 10.4 Å². The summed E-state index contributed by atoms with van der Waals surface area (Å²) in [4.78, 5) is 30.4. The molecule has 0 fully saturated rings. The Hall–Kier alpha value is -2.31. The number of hydrogen-bond donors (Lipinski definition) is 1. The topological polar surface area (TPSA) is 97.5 Å². The average molecular weight is 213 g/mol. The van der Waals surface area contributed by atoms with Gasteiger partial charge >= 0.3 is 11.7 Å². The minimum Gasteiger partial charge on any atom is -0.475 e. The van der Waals surface area contributed by atoms with Gasteiger partial charge < -0.3 is 5.11 Å². The highest BCUT2D eigenvalue weighted by molar-refractivity contribution is 6.40. The monoisotopic (exact) mass is 213 g/mol. The van der Waals surface area contributed by atoms with Crippen LogP contribution in [0.25, 0.3) is 0 Å². The number of halogens is 1. The van der Waals surface area contributed by atoms with Crippen molar-refractivity contribution in [1.29, 1.82) is 0 Å². The van der Waals surface area contributed by atoms with Gasteiger partial charge in [-0.15, -0.1) is 0 Å². The molecule has 0 saturated heterocycles. The summed E-state index contributed by atoms with van der Waals surface area (Å²) in [5, 5.41) is 18.6. The van der Waals surface area contributed by atoms with E-state index in [4.69, 9.17) is 5.11 Å². The third kappa shape index (κ3) is 1.96. The molecule has 0 radical (unpaired) electrons. The van der Waals surface area contributed by atoms with Crippen molar-refractivity contribution in [1.82, 2.24) is 0 Å². The summed E-state index contributed by atoms with van der Waals surface area (Å²) in [6, 6.07) is 2.75. The van der Waals surface area contributed by atoms with Crippen LogP contribution in [0.5, 0.6) is 0 Å². The Morgan fingerprint density at radius 1 is 1.40 bits per heavy atom. The van der Waals surface area contributed by atoms with E-state index in [1.54, 1.807) is 0 Å². The molecule has 1 N–H and O–H groups in total. The molecule has 78 valence electrons. The predicted molar refractivity (Wildman–Crippen MR) is 45.0 cm³/mol. The van der Waals surface area contributed by atoms with Gasteiger partial charge in [0.05, 0.1) is 10.5 Å². The van der Waals surface area contributed by atoms with Crippen LogP contribution < -0.4 is 0 Å². The lowest BCUT2D eigenvalue weighted by Crippen LogP contribution is -2.15. The molecule has 0 bridgehead atoms. The SMILES string of the molecule is O=C(O)C(=O)c1cccc([N+](=O)[O-])c1F. The van der Waals surface area contributed by atoms with Crippen LogP contribution in [-0.4, -0.2) is 21.8 Å². The number of Topliss-reactive ketones (excluding diaryl/α,β-unsaturated/α-hetero) is 1. The minimum absolute atomic E-state index is 0.822. The van der Waals surface area contributed by atoms with Gasteiger partial charge in [0.25, 0.3) is 5.78 Å². The maximum atomic E-state index is 13.2. The number of rotatable bonds is 3. The van der Waals surface area contributed by atoms with Gasteiger partial charge in [0.15, 0.2) is 0 Å². The standard InChI is InChI=1S/C8H4FNO5/c9-6-4(7(11)8(12)13)2-1-3-5(6)10(14)15/h1-3H,(H,12,13). The molecule has 15 heavy (non-hydrogen) atoms. The number of carboxylic acid groups (broad SMARTS) is 1. The lowest BCUT2D eigenvalue weighted by molar-refractivity contribution is -0.387.